The molecule has 0 aromatic heterocycles. The van der Waals surface area contributed by atoms with Crippen LogP contribution in [-0.2, 0) is 0 Å². The van der Waals surface area contributed by atoms with Gasteiger partial charge in [0.2, 0.25) is 0 Å². The van der Waals surface area contributed by atoms with Crippen molar-refractivity contribution in [3.05, 3.63) is 58.9 Å². The lowest BCUT2D eigenvalue weighted by Crippen LogP contribution is -1.94. The maximum absolute atomic E-state index is 13.6. The second-order valence-electron chi connectivity index (χ2n) is 3.42. The minimum Gasteiger partial charge on any atom is -0.353 e. The molecule has 0 bridgehead atoms. The molecule has 0 aliphatic carbocycles. The van der Waals surface area contributed by atoms with Crippen molar-refractivity contribution in [1.82, 2.24) is 0 Å². The van der Waals surface area contributed by atoms with Crippen LogP contribution in [-0.4, -0.2) is 0 Å². The van der Waals surface area contributed by atoms with E-state index < -0.39 is 5.82 Å². The van der Waals surface area contributed by atoms with Gasteiger partial charge in [-0.05, 0) is 30.3 Å². The molecule has 84 valence electrons. The van der Waals surface area contributed by atoms with Gasteiger partial charge in [-0.15, -0.1) is 0 Å². The van der Waals surface area contributed by atoms with Gasteiger partial charge in [-0.2, -0.15) is 5.26 Å². The normalized spacial score (nSPS) is 9.71. The summed E-state index contributed by atoms with van der Waals surface area (Å²) >= 11 is 5.67. The predicted molar refractivity (Wildman–Crippen MR) is 65.8 cm³/mol. The van der Waals surface area contributed by atoms with Gasteiger partial charge in [0.25, 0.3) is 0 Å². The zero-order valence-corrected chi connectivity index (χ0v) is 9.50. The van der Waals surface area contributed by atoms with Crippen LogP contribution >= 0.6 is 11.6 Å². The second-order valence-corrected chi connectivity index (χ2v) is 3.83. The molecule has 0 spiro atoms. The Bertz CT molecular complexity index is 590. The van der Waals surface area contributed by atoms with Crippen molar-refractivity contribution in [3.8, 4) is 6.07 Å². The van der Waals surface area contributed by atoms with Gasteiger partial charge >= 0.3 is 0 Å². The highest BCUT2D eigenvalue weighted by molar-refractivity contribution is 6.31. The average molecular weight is 247 g/mol. The van der Waals surface area contributed by atoms with Crippen LogP contribution in [0, 0.1) is 17.1 Å². The van der Waals surface area contributed by atoms with E-state index in [0.717, 1.165) is 0 Å². The van der Waals surface area contributed by atoms with Crippen LogP contribution in [0.3, 0.4) is 0 Å². The van der Waals surface area contributed by atoms with Crippen LogP contribution in [0.25, 0.3) is 0 Å². The molecule has 2 rings (SSSR count). The van der Waals surface area contributed by atoms with Crippen molar-refractivity contribution in [2.24, 2.45) is 0 Å². The largest absolute Gasteiger partial charge is 0.353 e. The number of hydrogen-bond donors (Lipinski definition) is 1. The van der Waals surface area contributed by atoms with Crippen LogP contribution in [0.15, 0.2) is 42.5 Å². The predicted octanol–water partition coefficient (Wildman–Crippen LogP) is 4.09. The molecule has 0 aliphatic heterocycles. The molecule has 2 aromatic rings. The van der Waals surface area contributed by atoms with Gasteiger partial charge in [0.05, 0.1) is 22.3 Å². The third-order valence-electron chi connectivity index (χ3n) is 2.22. The molecular formula is C13H8ClFN2. The number of benzene rings is 2. The SMILES string of the molecule is N#Cc1cccc(Nc2cccc(Cl)c2F)c1. The van der Waals surface area contributed by atoms with E-state index in [1.165, 1.54) is 6.07 Å². The summed E-state index contributed by atoms with van der Waals surface area (Å²) in [7, 11) is 0. The Morgan fingerprint density at radius 2 is 1.94 bits per heavy atom. The zero-order chi connectivity index (χ0) is 12.3. The Balaban J connectivity index is 2.32. The maximum atomic E-state index is 13.6. The average Bonchev–Trinajstić information content (AvgIpc) is 2.35. The van der Waals surface area contributed by atoms with Crippen molar-refractivity contribution in [2.75, 3.05) is 5.32 Å². The van der Waals surface area contributed by atoms with Gasteiger partial charge in [-0.3, -0.25) is 0 Å². The Kier molecular flexibility index (Phi) is 3.27. The molecule has 2 nitrogen and oxygen atoms in total. The highest BCUT2D eigenvalue weighted by atomic mass is 35.5. The van der Waals surface area contributed by atoms with Crippen molar-refractivity contribution in [2.45, 2.75) is 0 Å². The van der Waals surface area contributed by atoms with Crippen LogP contribution in [0.2, 0.25) is 5.02 Å². The fraction of sp³-hybridized carbons (Fsp3) is 0. The standard InChI is InChI=1S/C13H8ClFN2/c14-11-5-2-6-12(13(11)15)17-10-4-1-3-9(7-10)8-16/h1-7,17H. The summed E-state index contributed by atoms with van der Waals surface area (Å²) < 4.78 is 13.6. The van der Waals surface area contributed by atoms with E-state index in [0.29, 0.717) is 11.3 Å². The molecular weight excluding hydrogens is 239 g/mol. The van der Waals surface area contributed by atoms with Gasteiger partial charge in [-0.1, -0.05) is 23.7 Å². The number of halogens is 2. The molecule has 0 aliphatic rings. The van der Waals surface area contributed by atoms with Crippen molar-refractivity contribution in [3.63, 3.8) is 0 Å². The van der Waals surface area contributed by atoms with Crippen LogP contribution < -0.4 is 5.32 Å². The molecule has 17 heavy (non-hydrogen) atoms. The first-order valence-electron chi connectivity index (χ1n) is 4.92. The molecule has 4 heteroatoms. The van der Waals surface area contributed by atoms with E-state index in [4.69, 9.17) is 16.9 Å². The molecule has 0 radical (unpaired) electrons. The molecule has 1 N–H and O–H groups in total. The second kappa shape index (κ2) is 4.86. The Morgan fingerprint density at radius 1 is 1.18 bits per heavy atom. The highest BCUT2D eigenvalue weighted by Crippen LogP contribution is 2.25. The van der Waals surface area contributed by atoms with Gasteiger partial charge in [0.1, 0.15) is 0 Å². The van der Waals surface area contributed by atoms with E-state index in [1.807, 2.05) is 6.07 Å². The van der Waals surface area contributed by atoms with E-state index in [2.05, 4.69) is 5.32 Å². The molecule has 0 fully saturated rings. The van der Waals surface area contributed by atoms with Crippen LogP contribution in [0.4, 0.5) is 15.8 Å². The molecule has 0 amide bonds. The molecule has 0 unspecified atom stereocenters. The Morgan fingerprint density at radius 3 is 2.71 bits per heavy atom. The highest BCUT2D eigenvalue weighted by Gasteiger charge is 2.06. The minimum atomic E-state index is -0.503. The molecule has 0 saturated carbocycles. The third kappa shape index (κ3) is 2.55. The summed E-state index contributed by atoms with van der Waals surface area (Å²) in [5, 5.41) is 11.7. The summed E-state index contributed by atoms with van der Waals surface area (Å²) in [6.45, 7) is 0. The molecule has 0 atom stereocenters. The van der Waals surface area contributed by atoms with E-state index in [-0.39, 0.29) is 10.7 Å². The lowest BCUT2D eigenvalue weighted by atomic mass is 10.2. The van der Waals surface area contributed by atoms with Gasteiger partial charge in [-0.25, -0.2) is 4.39 Å². The quantitative estimate of drug-likeness (QED) is 0.866. The van der Waals surface area contributed by atoms with E-state index >= 15 is 0 Å². The van der Waals surface area contributed by atoms with Crippen molar-refractivity contribution in [1.29, 1.82) is 5.26 Å². The topological polar surface area (TPSA) is 35.8 Å². The van der Waals surface area contributed by atoms with Gasteiger partial charge in [0, 0.05) is 5.69 Å². The first-order valence-corrected chi connectivity index (χ1v) is 5.29. The minimum absolute atomic E-state index is 0.0615. The first kappa shape index (κ1) is 11.4. The Hall–Kier alpha value is -2.05. The summed E-state index contributed by atoms with van der Waals surface area (Å²) in [5.41, 5.74) is 1.44. The molecule has 0 saturated heterocycles. The summed E-state index contributed by atoms with van der Waals surface area (Å²) in [6, 6.07) is 13.5. The number of hydrogen-bond acceptors (Lipinski definition) is 2. The van der Waals surface area contributed by atoms with Crippen molar-refractivity contribution >= 4 is 23.0 Å². The van der Waals surface area contributed by atoms with Crippen molar-refractivity contribution < 1.29 is 4.39 Å². The molecule has 0 heterocycles. The number of rotatable bonds is 2. The maximum Gasteiger partial charge on any atom is 0.165 e. The number of nitrogens with zero attached hydrogens (tertiary/aromatic N) is 1. The summed E-state index contributed by atoms with van der Waals surface area (Å²) in [4.78, 5) is 0. The number of nitrogens with one attached hydrogen (secondary N) is 1. The first-order chi connectivity index (χ1) is 8.20. The van der Waals surface area contributed by atoms with Crippen LogP contribution in [0.5, 0.6) is 0 Å². The fourth-order valence-electron chi connectivity index (χ4n) is 1.42. The fourth-order valence-corrected chi connectivity index (χ4v) is 1.60. The van der Waals surface area contributed by atoms with E-state index in [1.54, 1.807) is 36.4 Å². The monoisotopic (exact) mass is 246 g/mol. The van der Waals surface area contributed by atoms with Gasteiger partial charge < -0.3 is 5.32 Å². The number of nitriles is 1. The van der Waals surface area contributed by atoms with Gasteiger partial charge in [0.15, 0.2) is 5.82 Å². The lowest BCUT2D eigenvalue weighted by Gasteiger charge is -2.08. The lowest BCUT2D eigenvalue weighted by molar-refractivity contribution is 0.632. The summed E-state index contributed by atoms with van der Waals surface area (Å²) in [5.74, 6) is -0.503. The summed E-state index contributed by atoms with van der Waals surface area (Å²) in [6.07, 6.45) is 0. The zero-order valence-electron chi connectivity index (χ0n) is 8.74. The Labute approximate surface area is 103 Å². The smallest absolute Gasteiger partial charge is 0.165 e. The van der Waals surface area contributed by atoms with Crippen LogP contribution in [0.1, 0.15) is 5.56 Å². The van der Waals surface area contributed by atoms with E-state index in [9.17, 15) is 4.39 Å². The number of anilines is 2. The molecule has 2 aromatic carbocycles. The third-order valence-corrected chi connectivity index (χ3v) is 2.51.